The van der Waals surface area contributed by atoms with Crippen molar-refractivity contribution in [2.45, 2.75) is 19.4 Å². The molecule has 2 aromatic carbocycles. The van der Waals surface area contributed by atoms with Crippen molar-refractivity contribution in [2.24, 2.45) is 5.92 Å². The summed E-state index contributed by atoms with van der Waals surface area (Å²) in [5.41, 5.74) is 1.79. The molecule has 0 fully saturated rings. The van der Waals surface area contributed by atoms with Crippen molar-refractivity contribution in [1.29, 1.82) is 0 Å². The Morgan fingerprint density at radius 1 is 1.04 bits per heavy atom. The van der Waals surface area contributed by atoms with Crippen molar-refractivity contribution in [3.05, 3.63) is 57.6 Å². The Balaban J connectivity index is 2.14. The maximum Gasteiger partial charge on any atom is 0.226 e. The molecule has 1 N–H and O–H groups in total. The van der Waals surface area contributed by atoms with Crippen LogP contribution in [0, 0.1) is 5.92 Å². The predicted octanol–water partition coefficient (Wildman–Crippen LogP) is 4.21. The monoisotopic (exact) mass is 425 g/mol. The number of halogens is 2. The van der Waals surface area contributed by atoms with Crippen LogP contribution in [0.1, 0.15) is 17.5 Å². The molecule has 0 saturated carbocycles. The lowest BCUT2D eigenvalue weighted by atomic mass is 9.95. The fourth-order valence-electron chi connectivity index (χ4n) is 3.04. The van der Waals surface area contributed by atoms with E-state index in [1.54, 1.807) is 44.4 Å². The number of methoxy groups -OCH3 is 2. The van der Waals surface area contributed by atoms with Crippen LogP contribution in [-0.2, 0) is 17.8 Å². The Kier molecular flexibility index (Phi) is 8.42. The summed E-state index contributed by atoms with van der Waals surface area (Å²) in [5.74, 6) is 0.914. The topological polar surface area (TPSA) is 59.0 Å². The highest BCUT2D eigenvalue weighted by molar-refractivity contribution is 6.42. The second kappa shape index (κ2) is 10.6. The highest BCUT2D eigenvalue weighted by atomic mass is 35.5. The summed E-state index contributed by atoms with van der Waals surface area (Å²) in [6.45, 7) is 0.328. The van der Waals surface area contributed by atoms with Gasteiger partial charge in [0.05, 0.1) is 24.3 Å². The number of benzene rings is 2. The molecule has 0 aromatic heterocycles. The molecule has 1 unspecified atom stereocenters. The minimum absolute atomic E-state index is 0.0538. The number of hydrogen-bond donors (Lipinski definition) is 1. The van der Waals surface area contributed by atoms with E-state index in [0.29, 0.717) is 40.9 Å². The summed E-state index contributed by atoms with van der Waals surface area (Å²) >= 11 is 12.0. The number of carbonyl (C=O) groups is 1. The molecule has 2 rings (SSSR count). The Morgan fingerprint density at radius 2 is 1.68 bits per heavy atom. The van der Waals surface area contributed by atoms with E-state index in [1.807, 2.05) is 18.2 Å². The average molecular weight is 426 g/mol. The van der Waals surface area contributed by atoms with Gasteiger partial charge >= 0.3 is 0 Å². The van der Waals surface area contributed by atoms with E-state index in [9.17, 15) is 9.90 Å². The maximum absolute atomic E-state index is 13.0. The van der Waals surface area contributed by atoms with E-state index >= 15 is 0 Å². The average Bonchev–Trinajstić information content (AvgIpc) is 2.69. The molecule has 28 heavy (non-hydrogen) atoms. The molecule has 1 amide bonds. The second-order valence-corrected chi connectivity index (χ2v) is 7.39. The molecule has 7 heteroatoms. The van der Waals surface area contributed by atoms with Gasteiger partial charge in [0, 0.05) is 32.2 Å². The minimum Gasteiger partial charge on any atom is -0.497 e. The normalized spacial score (nSPS) is 11.8. The van der Waals surface area contributed by atoms with Crippen molar-refractivity contribution >= 4 is 29.1 Å². The number of carbonyl (C=O) groups excluding carboxylic acids is 1. The predicted molar refractivity (Wildman–Crippen MR) is 111 cm³/mol. The first-order chi connectivity index (χ1) is 13.4. The highest BCUT2D eigenvalue weighted by Gasteiger charge is 2.23. The van der Waals surface area contributed by atoms with Gasteiger partial charge in [0.1, 0.15) is 11.5 Å². The third-order valence-corrected chi connectivity index (χ3v) is 5.24. The van der Waals surface area contributed by atoms with Gasteiger partial charge in [-0.3, -0.25) is 4.79 Å². The van der Waals surface area contributed by atoms with Gasteiger partial charge in [-0.25, -0.2) is 0 Å². The molecule has 0 aliphatic rings. The van der Waals surface area contributed by atoms with Crippen molar-refractivity contribution in [3.8, 4) is 11.5 Å². The SMILES string of the molecule is COc1cc(CN(C)C(=O)C(CCO)Cc2ccc(Cl)c(Cl)c2)cc(OC)c1. The lowest BCUT2D eigenvalue weighted by Crippen LogP contribution is -2.34. The Labute approximate surface area is 175 Å². The van der Waals surface area contributed by atoms with Gasteiger partial charge in [-0.1, -0.05) is 29.3 Å². The zero-order valence-electron chi connectivity index (χ0n) is 16.2. The minimum atomic E-state index is -0.361. The zero-order valence-corrected chi connectivity index (χ0v) is 17.8. The molecule has 2 aromatic rings. The zero-order chi connectivity index (χ0) is 20.7. The van der Waals surface area contributed by atoms with Gasteiger partial charge in [-0.05, 0) is 48.2 Å². The van der Waals surface area contributed by atoms with E-state index in [1.165, 1.54) is 0 Å². The fourth-order valence-corrected chi connectivity index (χ4v) is 3.36. The van der Waals surface area contributed by atoms with Crippen LogP contribution in [-0.4, -0.2) is 43.8 Å². The smallest absolute Gasteiger partial charge is 0.226 e. The van der Waals surface area contributed by atoms with Crippen LogP contribution in [0.5, 0.6) is 11.5 Å². The van der Waals surface area contributed by atoms with Crippen LogP contribution in [0.15, 0.2) is 36.4 Å². The summed E-state index contributed by atoms with van der Waals surface area (Å²) in [5, 5.41) is 10.3. The number of amides is 1. The van der Waals surface area contributed by atoms with Gasteiger partial charge in [-0.2, -0.15) is 0 Å². The largest absolute Gasteiger partial charge is 0.497 e. The summed E-state index contributed by atoms with van der Waals surface area (Å²) in [6, 6.07) is 10.8. The summed E-state index contributed by atoms with van der Waals surface area (Å²) in [7, 11) is 4.91. The van der Waals surface area contributed by atoms with Gasteiger partial charge in [0.2, 0.25) is 5.91 Å². The fraction of sp³-hybridized carbons (Fsp3) is 0.381. The maximum atomic E-state index is 13.0. The molecule has 152 valence electrons. The molecule has 0 aliphatic carbocycles. The van der Waals surface area contributed by atoms with E-state index < -0.39 is 0 Å². The summed E-state index contributed by atoms with van der Waals surface area (Å²) < 4.78 is 10.6. The van der Waals surface area contributed by atoms with Crippen LogP contribution in [0.3, 0.4) is 0 Å². The molecule has 1 atom stereocenters. The van der Waals surface area contributed by atoms with E-state index in [4.69, 9.17) is 32.7 Å². The van der Waals surface area contributed by atoms with Gasteiger partial charge in [0.15, 0.2) is 0 Å². The standard InChI is InChI=1S/C21H25Cl2NO4/c1-24(13-15-9-17(27-2)12-18(10-15)28-3)21(26)16(6-7-25)8-14-4-5-19(22)20(23)11-14/h4-5,9-12,16,25H,6-8,13H2,1-3H3. The molecular formula is C21H25Cl2NO4. The summed E-state index contributed by atoms with van der Waals surface area (Å²) in [4.78, 5) is 14.6. The number of ether oxygens (including phenoxy) is 2. The Hall–Kier alpha value is -1.95. The highest BCUT2D eigenvalue weighted by Crippen LogP contribution is 2.26. The van der Waals surface area contributed by atoms with Crippen molar-refractivity contribution in [3.63, 3.8) is 0 Å². The second-order valence-electron chi connectivity index (χ2n) is 6.58. The number of aliphatic hydroxyl groups is 1. The number of nitrogens with zero attached hydrogens (tertiary/aromatic N) is 1. The van der Waals surface area contributed by atoms with Crippen LogP contribution < -0.4 is 9.47 Å². The number of aliphatic hydroxyl groups excluding tert-OH is 1. The molecule has 0 saturated heterocycles. The van der Waals surface area contributed by atoms with E-state index in [2.05, 4.69) is 0 Å². The van der Waals surface area contributed by atoms with Gasteiger partial charge in [0.25, 0.3) is 0 Å². The molecule has 0 aliphatic heterocycles. The van der Waals surface area contributed by atoms with Gasteiger partial charge in [-0.15, -0.1) is 0 Å². The lowest BCUT2D eigenvalue weighted by molar-refractivity contribution is -0.135. The molecular weight excluding hydrogens is 401 g/mol. The number of rotatable bonds is 9. The molecule has 0 spiro atoms. The van der Waals surface area contributed by atoms with E-state index in [-0.39, 0.29) is 18.4 Å². The molecule has 0 radical (unpaired) electrons. The Bertz CT molecular complexity index is 791. The first-order valence-corrected chi connectivity index (χ1v) is 9.65. The third-order valence-electron chi connectivity index (χ3n) is 4.50. The van der Waals surface area contributed by atoms with Crippen LogP contribution >= 0.6 is 23.2 Å². The molecule has 5 nitrogen and oxygen atoms in total. The van der Waals surface area contributed by atoms with E-state index in [0.717, 1.165) is 11.1 Å². The van der Waals surface area contributed by atoms with Gasteiger partial charge < -0.3 is 19.5 Å². The first kappa shape index (κ1) is 22.3. The van der Waals surface area contributed by atoms with Crippen molar-refractivity contribution in [1.82, 2.24) is 4.90 Å². The van der Waals surface area contributed by atoms with Crippen molar-refractivity contribution in [2.75, 3.05) is 27.9 Å². The quantitative estimate of drug-likeness (QED) is 0.653. The molecule has 0 bridgehead atoms. The van der Waals surface area contributed by atoms with Crippen LogP contribution in [0.25, 0.3) is 0 Å². The van der Waals surface area contributed by atoms with Crippen molar-refractivity contribution < 1.29 is 19.4 Å². The number of hydrogen-bond acceptors (Lipinski definition) is 4. The van der Waals surface area contributed by atoms with Crippen LogP contribution in [0.2, 0.25) is 10.0 Å². The third kappa shape index (κ3) is 6.03. The lowest BCUT2D eigenvalue weighted by Gasteiger charge is -2.24. The first-order valence-electron chi connectivity index (χ1n) is 8.89. The van der Waals surface area contributed by atoms with Crippen LogP contribution in [0.4, 0.5) is 0 Å². The molecule has 0 heterocycles. The Morgan fingerprint density at radius 3 is 2.21 bits per heavy atom. The summed E-state index contributed by atoms with van der Waals surface area (Å²) in [6.07, 6.45) is 0.840.